The molecule has 0 amide bonds. The summed E-state index contributed by atoms with van der Waals surface area (Å²) in [6.45, 7) is 3.94. The van der Waals surface area contributed by atoms with Gasteiger partial charge in [0.2, 0.25) is 0 Å². The monoisotopic (exact) mass is 258 g/mol. The SMILES string of the molecule is CC1(C)CCc2c(c3ccccc3c(=O)oc2=O)O1. The predicted octanol–water partition coefficient (Wildman–Crippen LogP) is 2.26. The zero-order valence-electron chi connectivity index (χ0n) is 10.9. The molecule has 0 N–H and O–H groups in total. The van der Waals surface area contributed by atoms with E-state index in [-0.39, 0.29) is 5.60 Å². The molecule has 1 aromatic carbocycles. The maximum atomic E-state index is 12.0. The molecule has 1 aromatic heterocycles. The molecule has 0 bridgehead atoms. The summed E-state index contributed by atoms with van der Waals surface area (Å²) >= 11 is 0. The van der Waals surface area contributed by atoms with Gasteiger partial charge in [0.25, 0.3) is 0 Å². The summed E-state index contributed by atoms with van der Waals surface area (Å²) in [5, 5.41) is 1.01. The Labute approximate surface area is 109 Å². The van der Waals surface area contributed by atoms with Crippen LogP contribution in [0.2, 0.25) is 0 Å². The molecule has 0 atom stereocenters. The molecule has 2 heterocycles. The highest BCUT2D eigenvalue weighted by molar-refractivity contribution is 5.87. The predicted molar refractivity (Wildman–Crippen MR) is 71.8 cm³/mol. The van der Waals surface area contributed by atoms with Crippen LogP contribution in [-0.4, -0.2) is 5.60 Å². The number of hydrogen-bond donors (Lipinski definition) is 0. The molecule has 0 saturated carbocycles. The summed E-state index contributed by atoms with van der Waals surface area (Å²) in [5.74, 6) is 0.489. The maximum Gasteiger partial charge on any atom is 0.346 e. The third-order valence-electron chi connectivity index (χ3n) is 3.45. The van der Waals surface area contributed by atoms with Gasteiger partial charge in [-0.2, -0.15) is 0 Å². The van der Waals surface area contributed by atoms with Crippen LogP contribution in [-0.2, 0) is 6.42 Å². The van der Waals surface area contributed by atoms with Gasteiger partial charge in [0.05, 0.1) is 10.9 Å². The average molecular weight is 258 g/mol. The average Bonchev–Trinajstić information content (AvgIpc) is 2.46. The van der Waals surface area contributed by atoms with Crippen molar-refractivity contribution in [3.8, 4) is 5.75 Å². The van der Waals surface area contributed by atoms with Crippen LogP contribution in [0.3, 0.4) is 0 Å². The standard InChI is InChI=1S/C15H14O4/c1-15(2)8-7-11-12(19-15)9-5-3-4-6-10(9)13(16)18-14(11)17/h3-6H,7-8H2,1-2H3. The fraction of sp³-hybridized carbons (Fsp3) is 0.333. The van der Waals surface area contributed by atoms with Crippen LogP contribution in [0.1, 0.15) is 25.8 Å². The number of rotatable bonds is 0. The first kappa shape index (κ1) is 12.0. The maximum absolute atomic E-state index is 12.0. The van der Waals surface area contributed by atoms with E-state index in [0.29, 0.717) is 28.5 Å². The quantitative estimate of drug-likeness (QED) is 0.727. The molecule has 4 heteroatoms. The van der Waals surface area contributed by atoms with Gasteiger partial charge in [0.1, 0.15) is 11.4 Å². The second kappa shape index (κ2) is 3.95. The van der Waals surface area contributed by atoms with Gasteiger partial charge in [-0.15, -0.1) is 0 Å². The molecule has 1 aliphatic heterocycles. The Kier molecular flexibility index (Phi) is 2.49. The van der Waals surface area contributed by atoms with Crippen LogP contribution in [0.4, 0.5) is 0 Å². The van der Waals surface area contributed by atoms with Crippen molar-refractivity contribution >= 4 is 10.8 Å². The summed E-state index contributed by atoms with van der Waals surface area (Å²) in [6, 6.07) is 6.99. The van der Waals surface area contributed by atoms with E-state index in [1.54, 1.807) is 18.2 Å². The van der Waals surface area contributed by atoms with Gasteiger partial charge in [-0.1, -0.05) is 18.2 Å². The fourth-order valence-electron chi connectivity index (χ4n) is 2.40. The molecule has 0 aliphatic carbocycles. The molecule has 0 unspecified atom stereocenters. The lowest BCUT2D eigenvalue weighted by atomic mass is 9.94. The Morgan fingerprint density at radius 3 is 2.47 bits per heavy atom. The van der Waals surface area contributed by atoms with E-state index < -0.39 is 11.3 Å². The van der Waals surface area contributed by atoms with Gasteiger partial charge >= 0.3 is 11.3 Å². The first-order chi connectivity index (χ1) is 8.98. The van der Waals surface area contributed by atoms with E-state index >= 15 is 0 Å². The molecule has 19 heavy (non-hydrogen) atoms. The van der Waals surface area contributed by atoms with Crippen LogP contribution in [0.25, 0.3) is 10.8 Å². The number of hydrogen-bond acceptors (Lipinski definition) is 4. The van der Waals surface area contributed by atoms with E-state index in [1.807, 2.05) is 19.9 Å². The van der Waals surface area contributed by atoms with Gasteiger partial charge in [0, 0.05) is 5.39 Å². The van der Waals surface area contributed by atoms with Crippen molar-refractivity contribution in [3.05, 3.63) is 50.7 Å². The van der Waals surface area contributed by atoms with Crippen molar-refractivity contribution in [1.82, 2.24) is 0 Å². The topological polar surface area (TPSA) is 56.5 Å². The fourth-order valence-corrected chi connectivity index (χ4v) is 2.40. The molecular formula is C15H14O4. The lowest BCUT2D eigenvalue weighted by Crippen LogP contribution is -2.34. The Morgan fingerprint density at radius 2 is 1.74 bits per heavy atom. The minimum Gasteiger partial charge on any atom is -0.487 e. The highest BCUT2D eigenvalue weighted by atomic mass is 16.5. The van der Waals surface area contributed by atoms with Gasteiger partial charge in [0.15, 0.2) is 0 Å². The molecule has 0 fully saturated rings. The lowest BCUT2D eigenvalue weighted by molar-refractivity contribution is 0.0859. The summed E-state index contributed by atoms with van der Waals surface area (Å²) in [4.78, 5) is 23.9. The van der Waals surface area contributed by atoms with Crippen LogP contribution in [0.5, 0.6) is 5.75 Å². The van der Waals surface area contributed by atoms with Gasteiger partial charge in [-0.3, -0.25) is 0 Å². The Morgan fingerprint density at radius 1 is 1.05 bits per heavy atom. The first-order valence-corrected chi connectivity index (χ1v) is 6.26. The van der Waals surface area contributed by atoms with E-state index in [9.17, 15) is 9.59 Å². The minimum atomic E-state index is -0.614. The Balaban J connectivity index is 2.50. The second-order valence-electron chi connectivity index (χ2n) is 5.39. The van der Waals surface area contributed by atoms with E-state index in [1.165, 1.54) is 0 Å². The van der Waals surface area contributed by atoms with Crippen LogP contribution in [0, 0.1) is 0 Å². The van der Waals surface area contributed by atoms with Crippen LogP contribution >= 0.6 is 0 Å². The lowest BCUT2D eigenvalue weighted by Gasteiger charge is -2.31. The molecule has 0 radical (unpaired) electrons. The molecule has 2 aromatic rings. The zero-order chi connectivity index (χ0) is 13.6. The Hall–Kier alpha value is -2.10. The van der Waals surface area contributed by atoms with Crippen molar-refractivity contribution in [2.24, 2.45) is 0 Å². The highest BCUT2D eigenvalue weighted by Crippen LogP contribution is 2.35. The van der Waals surface area contributed by atoms with E-state index in [0.717, 1.165) is 6.42 Å². The van der Waals surface area contributed by atoms with Crippen LogP contribution < -0.4 is 16.0 Å². The summed E-state index contributed by atoms with van der Waals surface area (Å²) < 4.78 is 10.8. The van der Waals surface area contributed by atoms with Crippen molar-refractivity contribution in [3.63, 3.8) is 0 Å². The number of benzene rings is 1. The molecule has 4 nitrogen and oxygen atoms in total. The van der Waals surface area contributed by atoms with Gasteiger partial charge in [-0.25, -0.2) is 9.59 Å². The molecule has 1 aliphatic rings. The second-order valence-corrected chi connectivity index (χ2v) is 5.39. The molecule has 0 saturated heterocycles. The number of ether oxygens (including phenoxy) is 1. The molecule has 0 spiro atoms. The third-order valence-corrected chi connectivity index (χ3v) is 3.45. The smallest absolute Gasteiger partial charge is 0.346 e. The molecule has 98 valence electrons. The Bertz CT molecular complexity index is 771. The van der Waals surface area contributed by atoms with Crippen LogP contribution in [0.15, 0.2) is 38.3 Å². The molecular weight excluding hydrogens is 244 g/mol. The highest BCUT2D eigenvalue weighted by Gasteiger charge is 2.30. The number of fused-ring (bicyclic) bond motifs is 3. The summed E-state index contributed by atoms with van der Waals surface area (Å²) in [6.07, 6.45) is 1.28. The van der Waals surface area contributed by atoms with E-state index in [4.69, 9.17) is 9.15 Å². The first-order valence-electron chi connectivity index (χ1n) is 6.26. The summed E-state index contributed by atoms with van der Waals surface area (Å²) in [5.41, 5.74) is -1.10. The van der Waals surface area contributed by atoms with Crippen molar-refractivity contribution in [2.45, 2.75) is 32.3 Å². The van der Waals surface area contributed by atoms with Crippen molar-refractivity contribution in [2.75, 3.05) is 0 Å². The van der Waals surface area contributed by atoms with E-state index in [2.05, 4.69) is 0 Å². The third kappa shape index (κ3) is 1.93. The van der Waals surface area contributed by atoms with Gasteiger partial charge in [-0.05, 0) is 32.8 Å². The largest absolute Gasteiger partial charge is 0.487 e. The normalized spacial score (nSPS) is 16.7. The zero-order valence-corrected chi connectivity index (χ0v) is 10.9. The minimum absolute atomic E-state index is 0.348. The van der Waals surface area contributed by atoms with Crippen molar-refractivity contribution in [1.29, 1.82) is 0 Å². The molecule has 3 rings (SSSR count). The summed E-state index contributed by atoms with van der Waals surface area (Å²) in [7, 11) is 0. The van der Waals surface area contributed by atoms with Gasteiger partial charge < -0.3 is 9.15 Å². The van der Waals surface area contributed by atoms with Crippen molar-refractivity contribution < 1.29 is 9.15 Å².